The summed E-state index contributed by atoms with van der Waals surface area (Å²) >= 11 is 0. The molecule has 2 atom stereocenters. The van der Waals surface area contributed by atoms with Gasteiger partial charge in [-0.25, -0.2) is 0 Å². The van der Waals surface area contributed by atoms with E-state index in [2.05, 4.69) is 0 Å². The van der Waals surface area contributed by atoms with E-state index >= 15 is 0 Å². The Kier molecular flexibility index (Phi) is 2.90. The van der Waals surface area contributed by atoms with E-state index in [0.29, 0.717) is 6.42 Å². The van der Waals surface area contributed by atoms with Crippen molar-refractivity contribution in [1.29, 1.82) is 0 Å². The van der Waals surface area contributed by atoms with Gasteiger partial charge in [0.1, 0.15) is 0 Å². The second-order valence-corrected chi connectivity index (χ2v) is 3.54. The molecule has 4 heteroatoms. The Labute approximate surface area is 77.5 Å². The second kappa shape index (κ2) is 3.77. The molecule has 0 spiro atoms. The Morgan fingerprint density at radius 1 is 1.69 bits per heavy atom. The van der Waals surface area contributed by atoms with Gasteiger partial charge in [0.05, 0.1) is 6.42 Å². The van der Waals surface area contributed by atoms with E-state index in [0.717, 1.165) is 6.42 Å². The molecular weight excluding hydrogens is 170 g/mol. The third-order valence-corrected chi connectivity index (χ3v) is 2.73. The highest BCUT2D eigenvalue weighted by molar-refractivity contribution is 5.80. The van der Waals surface area contributed by atoms with Gasteiger partial charge in [-0.3, -0.25) is 9.59 Å². The van der Waals surface area contributed by atoms with Gasteiger partial charge < -0.3 is 10.0 Å². The Morgan fingerprint density at radius 3 is 2.77 bits per heavy atom. The first-order chi connectivity index (χ1) is 6.06. The summed E-state index contributed by atoms with van der Waals surface area (Å²) < 4.78 is 0. The molecule has 1 aliphatic heterocycles. The summed E-state index contributed by atoms with van der Waals surface area (Å²) in [7, 11) is 1.75. The average molecular weight is 185 g/mol. The van der Waals surface area contributed by atoms with Crippen LogP contribution >= 0.6 is 0 Å². The van der Waals surface area contributed by atoms with Crippen LogP contribution in [0.2, 0.25) is 0 Å². The summed E-state index contributed by atoms with van der Waals surface area (Å²) in [6.45, 7) is 1.98. The number of carbonyl (C=O) groups excluding carboxylic acids is 1. The number of aliphatic carboxylic acids is 1. The lowest BCUT2D eigenvalue weighted by Gasteiger charge is -2.22. The summed E-state index contributed by atoms with van der Waals surface area (Å²) in [5.41, 5.74) is 0. The van der Waals surface area contributed by atoms with Crippen molar-refractivity contribution in [3.05, 3.63) is 0 Å². The number of carboxylic acids is 1. The van der Waals surface area contributed by atoms with Crippen molar-refractivity contribution in [1.82, 2.24) is 4.90 Å². The lowest BCUT2D eigenvalue weighted by atomic mass is 9.95. The summed E-state index contributed by atoms with van der Waals surface area (Å²) in [5.74, 6) is -0.746. The van der Waals surface area contributed by atoms with Crippen LogP contribution in [0.5, 0.6) is 0 Å². The van der Waals surface area contributed by atoms with Gasteiger partial charge in [-0.2, -0.15) is 0 Å². The summed E-state index contributed by atoms with van der Waals surface area (Å²) in [6, 6.07) is 0.114. The van der Waals surface area contributed by atoms with Gasteiger partial charge in [0, 0.05) is 19.5 Å². The average Bonchev–Trinajstić information content (AvgIpc) is 2.27. The van der Waals surface area contributed by atoms with Crippen molar-refractivity contribution < 1.29 is 14.7 Å². The standard InChI is InChI=1S/C9H15NO3/c1-3-7-6(5-9(12)13)4-8(11)10(7)2/h6-7H,3-5H2,1-2H3,(H,12,13)/t6-,7-/m1/s1. The van der Waals surface area contributed by atoms with Crippen molar-refractivity contribution >= 4 is 11.9 Å². The molecule has 0 aromatic carbocycles. The van der Waals surface area contributed by atoms with Crippen LogP contribution in [0.15, 0.2) is 0 Å². The molecule has 0 aromatic heterocycles. The number of amides is 1. The third-order valence-electron chi connectivity index (χ3n) is 2.73. The molecule has 0 aromatic rings. The first-order valence-corrected chi connectivity index (χ1v) is 4.53. The maximum atomic E-state index is 11.3. The van der Waals surface area contributed by atoms with Gasteiger partial charge in [-0.1, -0.05) is 6.92 Å². The highest BCUT2D eigenvalue weighted by atomic mass is 16.4. The molecule has 1 rings (SSSR count). The molecule has 0 saturated carbocycles. The monoisotopic (exact) mass is 185 g/mol. The lowest BCUT2D eigenvalue weighted by molar-refractivity contribution is -0.138. The fraction of sp³-hybridized carbons (Fsp3) is 0.778. The SMILES string of the molecule is CC[C@@H]1[C@@H](CC(=O)O)CC(=O)N1C. The summed E-state index contributed by atoms with van der Waals surface area (Å²) in [5, 5.41) is 8.63. The van der Waals surface area contributed by atoms with Crippen LogP contribution in [-0.4, -0.2) is 35.0 Å². The topological polar surface area (TPSA) is 57.6 Å². The van der Waals surface area contributed by atoms with Gasteiger partial charge in [0.2, 0.25) is 5.91 Å². The third kappa shape index (κ3) is 1.99. The fourth-order valence-electron chi connectivity index (χ4n) is 2.05. The van der Waals surface area contributed by atoms with Crippen LogP contribution in [0.1, 0.15) is 26.2 Å². The maximum absolute atomic E-state index is 11.3. The van der Waals surface area contributed by atoms with Crippen LogP contribution in [0.3, 0.4) is 0 Å². The number of rotatable bonds is 3. The normalized spacial score (nSPS) is 28.2. The molecule has 0 radical (unpaired) electrons. The van der Waals surface area contributed by atoms with Gasteiger partial charge in [-0.05, 0) is 12.3 Å². The smallest absolute Gasteiger partial charge is 0.303 e. The second-order valence-electron chi connectivity index (χ2n) is 3.54. The predicted molar refractivity (Wildman–Crippen MR) is 47.2 cm³/mol. The number of carbonyl (C=O) groups is 2. The molecule has 1 aliphatic rings. The first kappa shape index (κ1) is 10.0. The molecule has 1 N–H and O–H groups in total. The largest absolute Gasteiger partial charge is 0.481 e. The molecule has 0 bridgehead atoms. The number of hydrogen-bond donors (Lipinski definition) is 1. The number of hydrogen-bond acceptors (Lipinski definition) is 2. The maximum Gasteiger partial charge on any atom is 0.303 e. The zero-order valence-corrected chi connectivity index (χ0v) is 7.99. The van der Waals surface area contributed by atoms with Crippen molar-refractivity contribution in [3.63, 3.8) is 0 Å². The lowest BCUT2D eigenvalue weighted by Crippen LogP contribution is -2.31. The minimum Gasteiger partial charge on any atom is -0.481 e. The predicted octanol–water partition coefficient (Wildman–Crippen LogP) is 0.718. The molecular formula is C9H15NO3. The Morgan fingerprint density at radius 2 is 2.31 bits per heavy atom. The summed E-state index contributed by atoms with van der Waals surface area (Å²) in [4.78, 5) is 23.4. The highest BCUT2D eigenvalue weighted by Crippen LogP contribution is 2.28. The zero-order valence-electron chi connectivity index (χ0n) is 7.99. The molecule has 1 heterocycles. The minimum atomic E-state index is -0.813. The van der Waals surface area contributed by atoms with E-state index in [-0.39, 0.29) is 24.3 Å². The zero-order chi connectivity index (χ0) is 10.0. The molecule has 0 aliphatic carbocycles. The fourth-order valence-corrected chi connectivity index (χ4v) is 2.05. The first-order valence-electron chi connectivity index (χ1n) is 4.53. The minimum absolute atomic E-state index is 0.000000000000000444. The van der Waals surface area contributed by atoms with E-state index in [1.165, 1.54) is 0 Å². The number of likely N-dealkylation sites (tertiary alicyclic amines) is 1. The van der Waals surface area contributed by atoms with E-state index in [4.69, 9.17) is 5.11 Å². The van der Waals surface area contributed by atoms with Crippen molar-refractivity contribution in [2.24, 2.45) is 5.92 Å². The van der Waals surface area contributed by atoms with Crippen LogP contribution in [0.4, 0.5) is 0 Å². The van der Waals surface area contributed by atoms with E-state index in [1.807, 2.05) is 6.92 Å². The molecule has 74 valence electrons. The van der Waals surface area contributed by atoms with Gasteiger partial charge in [0.15, 0.2) is 0 Å². The molecule has 4 nitrogen and oxygen atoms in total. The molecule has 0 unspecified atom stereocenters. The van der Waals surface area contributed by atoms with Crippen LogP contribution in [0, 0.1) is 5.92 Å². The highest BCUT2D eigenvalue weighted by Gasteiger charge is 2.36. The molecule has 1 amide bonds. The van der Waals surface area contributed by atoms with E-state index in [9.17, 15) is 9.59 Å². The number of carboxylic acid groups (broad SMARTS) is 1. The molecule has 1 saturated heterocycles. The van der Waals surface area contributed by atoms with Crippen LogP contribution in [-0.2, 0) is 9.59 Å². The van der Waals surface area contributed by atoms with Crippen molar-refractivity contribution in [2.45, 2.75) is 32.2 Å². The van der Waals surface area contributed by atoms with E-state index in [1.54, 1.807) is 11.9 Å². The van der Waals surface area contributed by atoms with Gasteiger partial charge >= 0.3 is 5.97 Å². The molecule has 13 heavy (non-hydrogen) atoms. The Balaban J connectivity index is 2.65. The van der Waals surface area contributed by atoms with Gasteiger partial charge in [0.25, 0.3) is 0 Å². The quantitative estimate of drug-likeness (QED) is 0.704. The molecule has 1 fully saturated rings. The summed E-state index contributed by atoms with van der Waals surface area (Å²) in [6.07, 6.45) is 1.33. The van der Waals surface area contributed by atoms with Crippen LogP contribution in [0.25, 0.3) is 0 Å². The van der Waals surface area contributed by atoms with Crippen molar-refractivity contribution in [3.8, 4) is 0 Å². The Hall–Kier alpha value is -1.06. The van der Waals surface area contributed by atoms with E-state index < -0.39 is 5.97 Å². The van der Waals surface area contributed by atoms with Crippen molar-refractivity contribution in [2.75, 3.05) is 7.05 Å². The number of nitrogens with zero attached hydrogens (tertiary/aromatic N) is 1. The Bertz CT molecular complexity index is 225. The van der Waals surface area contributed by atoms with Crippen LogP contribution < -0.4 is 0 Å². The van der Waals surface area contributed by atoms with Gasteiger partial charge in [-0.15, -0.1) is 0 Å².